The Bertz CT molecular complexity index is 998. The number of hydrogen-bond donors (Lipinski definition) is 1. The number of amides is 1. The second-order valence-corrected chi connectivity index (χ2v) is 9.44. The molecule has 0 aliphatic rings. The van der Waals surface area contributed by atoms with Gasteiger partial charge < -0.3 is 9.88 Å². The number of rotatable bonds is 6. The summed E-state index contributed by atoms with van der Waals surface area (Å²) in [5.41, 5.74) is 1.67. The first-order chi connectivity index (χ1) is 13.3. The average molecular weight is 456 g/mol. The van der Waals surface area contributed by atoms with Crippen molar-refractivity contribution in [3.8, 4) is 11.4 Å². The molecule has 1 unspecified atom stereocenters. The van der Waals surface area contributed by atoms with Gasteiger partial charge in [0.15, 0.2) is 16.1 Å². The van der Waals surface area contributed by atoms with Gasteiger partial charge in [0.2, 0.25) is 5.91 Å². The molecular formula is C18H19Cl2N5OS2. The van der Waals surface area contributed by atoms with E-state index in [1.807, 2.05) is 38.3 Å². The number of carbonyl (C=O) groups is 1. The number of nitrogens with one attached hydrogen (secondary N) is 1. The van der Waals surface area contributed by atoms with Gasteiger partial charge in [-0.2, -0.15) is 0 Å². The average Bonchev–Trinajstić information content (AvgIpc) is 3.17. The van der Waals surface area contributed by atoms with Gasteiger partial charge >= 0.3 is 0 Å². The Kier molecular flexibility index (Phi) is 6.65. The first kappa shape index (κ1) is 21.1. The molecule has 0 bridgehead atoms. The molecule has 6 nitrogen and oxygen atoms in total. The number of carbonyl (C=O) groups excluding carboxylic acids is 1. The molecule has 0 saturated heterocycles. The highest BCUT2D eigenvalue weighted by Gasteiger charge is 2.22. The van der Waals surface area contributed by atoms with Gasteiger partial charge in [-0.15, -0.1) is 21.5 Å². The summed E-state index contributed by atoms with van der Waals surface area (Å²) < 4.78 is 1.93. The van der Waals surface area contributed by atoms with Crippen LogP contribution in [0.2, 0.25) is 10.0 Å². The van der Waals surface area contributed by atoms with Crippen LogP contribution in [0.4, 0.5) is 5.13 Å². The number of aryl methyl sites for hydroxylation is 2. The van der Waals surface area contributed by atoms with Crippen LogP contribution in [-0.2, 0) is 11.3 Å². The summed E-state index contributed by atoms with van der Waals surface area (Å²) in [4.78, 5) is 18.0. The normalized spacial score (nSPS) is 12.2. The van der Waals surface area contributed by atoms with Crippen molar-refractivity contribution < 1.29 is 4.79 Å². The van der Waals surface area contributed by atoms with Gasteiger partial charge in [-0.05, 0) is 45.9 Å². The molecule has 10 heteroatoms. The minimum absolute atomic E-state index is 0.129. The Morgan fingerprint density at radius 2 is 2.07 bits per heavy atom. The Morgan fingerprint density at radius 3 is 2.68 bits per heavy atom. The van der Waals surface area contributed by atoms with Crippen molar-refractivity contribution in [3.05, 3.63) is 38.8 Å². The van der Waals surface area contributed by atoms with Crippen LogP contribution in [0.1, 0.15) is 24.4 Å². The maximum atomic E-state index is 12.5. The van der Waals surface area contributed by atoms with Crippen LogP contribution in [0.15, 0.2) is 23.4 Å². The van der Waals surface area contributed by atoms with E-state index in [-0.39, 0.29) is 11.2 Å². The Labute approximate surface area is 181 Å². The van der Waals surface area contributed by atoms with Crippen molar-refractivity contribution in [2.45, 2.75) is 44.6 Å². The second-order valence-electron chi connectivity index (χ2n) is 6.08. The predicted molar refractivity (Wildman–Crippen MR) is 117 cm³/mol. The van der Waals surface area contributed by atoms with E-state index in [9.17, 15) is 4.79 Å². The van der Waals surface area contributed by atoms with Crippen LogP contribution >= 0.6 is 46.3 Å². The molecule has 0 saturated carbocycles. The number of benzene rings is 1. The molecular weight excluding hydrogens is 437 g/mol. The summed E-state index contributed by atoms with van der Waals surface area (Å²) in [7, 11) is 0. The lowest BCUT2D eigenvalue weighted by molar-refractivity contribution is -0.115. The van der Waals surface area contributed by atoms with E-state index >= 15 is 0 Å². The Morgan fingerprint density at radius 1 is 1.32 bits per heavy atom. The molecule has 2 heterocycles. The van der Waals surface area contributed by atoms with Gasteiger partial charge in [-0.1, -0.05) is 35.0 Å². The highest BCUT2D eigenvalue weighted by molar-refractivity contribution is 8.00. The van der Waals surface area contributed by atoms with E-state index in [1.165, 1.54) is 23.1 Å². The molecule has 0 radical (unpaired) electrons. The lowest BCUT2D eigenvalue weighted by Gasteiger charge is -2.12. The maximum Gasteiger partial charge on any atom is 0.239 e. The van der Waals surface area contributed by atoms with Crippen LogP contribution in [-0.4, -0.2) is 30.9 Å². The smallest absolute Gasteiger partial charge is 0.239 e. The summed E-state index contributed by atoms with van der Waals surface area (Å²) in [5.74, 6) is 0.515. The molecule has 1 atom stereocenters. The molecule has 0 aliphatic carbocycles. The minimum Gasteiger partial charge on any atom is -0.302 e. The molecule has 0 fully saturated rings. The molecule has 148 valence electrons. The van der Waals surface area contributed by atoms with Crippen molar-refractivity contribution in [1.82, 2.24) is 19.7 Å². The third-order valence-electron chi connectivity index (χ3n) is 4.12. The third kappa shape index (κ3) is 4.51. The van der Waals surface area contributed by atoms with Gasteiger partial charge in [-0.3, -0.25) is 4.79 Å². The molecule has 28 heavy (non-hydrogen) atoms. The van der Waals surface area contributed by atoms with E-state index in [2.05, 4.69) is 20.5 Å². The monoisotopic (exact) mass is 455 g/mol. The molecule has 3 aromatic rings. The summed E-state index contributed by atoms with van der Waals surface area (Å²) in [6.45, 7) is 8.37. The summed E-state index contributed by atoms with van der Waals surface area (Å²) in [6, 6.07) is 5.25. The van der Waals surface area contributed by atoms with Crippen LogP contribution in [0.25, 0.3) is 11.4 Å². The molecule has 2 aromatic heterocycles. The van der Waals surface area contributed by atoms with Crippen molar-refractivity contribution in [1.29, 1.82) is 0 Å². The van der Waals surface area contributed by atoms with E-state index in [0.29, 0.717) is 32.7 Å². The largest absolute Gasteiger partial charge is 0.302 e. The van der Waals surface area contributed by atoms with Gasteiger partial charge in [-0.25, -0.2) is 4.98 Å². The topological polar surface area (TPSA) is 72.7 Å². The molecule has 1 amide bonds. The van der Waals surface area contributed by atoms with E-state index in [0.717, 1.165) is 16.1 Å². The second kappa shape index (κ2) is 8.82. The first-order valence-electron chi connectivity index (χ1n) is 8.60. The van der Waals surface area contributed by atoms with Crippen molar-refractivity contribution >= 4 is 57.3 Å². The summed E-state index contributed by atoms with van der Waals surface area (Å²) in [5, 5.41) is 13.4. The fourth-order valence-electron chi connectivity index (χ4n) is 2.48. The maximum absolute atomic E-state index is 12.5. The number of thioether (sulfide) groups is 1. The number of hydrogen-bond acceptors (Lipinski definition) is 6. The number of thiazole rings is 1. The fraction of sp³-hybridized carbons (Fsp3) is 0.333. The quantitative estimate of drug-likeness (QED) is 0.499. The van der Waals surface area contributed by atoms with Gasteiger partial charge in [0.25, 0.3) is 0 Å². The van der Waals surface area contributed by atoms with Crippen LogP contribution < -0.4 is 5.32 Å². The van der Waals surface area contributed by atoms with Gasteiger partial charge in [0, 0.05) is 22.0 Å². The highest BCUT2D eigenvalue weighted by atomic mass is 35.5. The molecule has 1 aromatic carbocycles. The standard InChI is InChI=1S/C18H19Cl2N5OS2/c1-5-25-15(13-7-6-12(19)8-14(13)20)23-24-18(25)28-11(4)16(26)22-17-21-9(2)10(3)27-17/h6-8,11H,5H2,1-4H3,(H,21,22,26). The van der Waals surface area contributed by atoms with E-state index < -0.39 is 0 Å². The SMILES string of the molecule is CCn1c(SC(C)C(=O)Nc2nc(C)c(C)s2)nnc1-c1ccc(Cl)cc1Cl. The van der Waals surface area contributed by atoms with Crippen molar-refractivity contribution in [3.63, 3.8) is 0 Å². The number of anilines is 1. The van der Waals surface area contributed by atoms with E-state index in [4.69, 9.17) is 23.2 Å². The van der Waals surface area contributed by atoms with Crippen LogP contribution in [0, 0.1) is 13.8 Å². The molecule has 0 spiro atoms. The van der Waals surface area contributed by atoms with Crippen molar-refractivity contribution in [2.75, 3.05) is 5.32 Å². The lowest BCUT2D eigenvalue weighted by atomic mass is 10.2. The third-order valence-corrected chi connectivity index (χ3v) is 6.73. The predicted octanol–water partition coefficient (Wildman–Crippen LogP) is 5.46. The highest BCUT2D eigenvalue weighted by Crippen LogP contribution is 2.32. The van der Waals surface area contributed by atoms with Crippen molar-refractivity contribution in [2.24, 2.45) is 0 Å². The zero-order valence-corrected chi connectivity index (χ0v) is 18.9. The summed E-state index contributed by atoms with van der Waals surface area (Å²) in [6.07, 6.45) is 0. The fourth-order valence-corrected chi connectivity index (χ4v) is 4.70. The van der Waals surface area contributed by atoms with Crippen LogP contribution in [0.5, 0.6) is 0 Å². The Hall–Kier alpha value is -1.61. The van der Waals surface area contributed by atoms with Gasteiger partial charge in [0.05, 0.1) is 16.0 Å². The summed E-state index contributed by atoms with van der Waals surface area (Å²) >= 11 is 15.1. The van der Waals surface area contributed by atoms with Gasteiger partial charge in [0.1, 0.15) is 0 Å². The Balaban J connectivity index is 1.78. The lowest BCUT2D eigenvalue weighted by Crippen LogP contribution is -2.22. The minimum atomic E-state index is -0.368. The number of nitrogens with zero attached hydrogens (tertiary/aromatic N) is 4. The zero-order valence-electron chi connectivity index (χ0n) is 15.8. The number of aromatic nitrogens is 4. The molecule has 3 rings (SSSR count). The zero-order chi connectivity index (χ0) is 20.4. The van der Waals surface area contributed by atoms with E-state index in [1.54, 1.807) is 12.1 Å². The molecule has 1 N–H and O–H groups in total. The van der Waals surface area contributed by atoms with Crippen LogP contribution in [0.3, 0.4) is 0 Å². The first-order valence-corrected chi connectivity index (χ1v) is 11.1. The number of halogens is 2. The molecule has 0 aliphatic heterocycles.